The molecule has 1 atom stereocenters. The fourth-order valence-electron chi connectivity index (χ4n) is 2.98. The Morgan fingerprint density at radius 3 is 2.41 bits per heavy atom. The summed E-state index contributed by atoms with van der Waals surface area (Å²) in [7, 11) is -3.37. The lowest BCUT2D eigenvalue weighted by molar-refractivity contribution is 0.0617. The van der Waals surface area contributed by atoms with Crippen LogP contribution < -0.4 is 0 Å². The minimum atomic E-state index is -3.37. The predicted octanol–water partition coefficient (Wildman–Crippen LogP) is 1.93. The second-order valence-electron chi connectivity index (χ2n) is 5.79. The minimum absolute atomic E-state index is 0.328. The highest BCUT2D eigenvalue weighted by Crippen LogP contribution is 2.21. The molecule has 22 heavy (non-hydrogen) atoms. The van der Waals surface area contributed by atoms with Gasteiger partial charge in [0, 0.05) is 43.8 Å². The van der Waals surface area contributed by atoms with Gasteiger partial charge in [-0.05, 0) is 37.1 Å². The molecule has 3 rings (SSSR count). The van der Waals surface area contributed by atoms with Crippen molar-refractivity contribution >= 4 is 26.0 Å². The van der Waals surface area contributed by atoms with Crippen LogP contribution in [0.15, 0.2) is 33.6 Å². The van der Waals surface area contributed by atoms with Gasteiger partial charge >= 0.3 is 0 Å². The number of sulfonamides is 1. The molecule has 2 saturated heterocycles. The van der Waals surface area contributed by atoms with Crippen molar-refractivity contribution < 1.29 is 13.2 Å². The van der Waals surface area contributed by atoms with Crippen LogP contribution in [0.1, 0.15) is 12.8 Å². The normalized spacial score (nSPS) is 24.7. The Bertz CT molecular complexity index is 592. The Balaban J connectivity index is 1.59. The first kappa shape index (κ1) is 16.4. The SMILES string of the molecule is O=S(=O)(c1ccc(Br)cc1)N1CCN(C[C@@H]2CCCO2)CC1. The van der Waals surface area contributed by atoms with Crippen LogP contribution in [0.4, 0.5) is 0 Å². The third-order valence-electron chi connectivity index (χ3n) is 4.27. The van der Waals surface area contributed by atoms with Crippen molar-refractivity contribution in [1.82, 2.24) is 9.21 Å². The molecule has 1 aromatic carbocycles. The van der Waals surface area contributed by atoms with Gasteiger partial charge in [0.25, 0.3) is 0 Å². The van der Waals surface area contributed by atoms with Crippen LogP contribution in [0.25, 0.3) is 0 Å². The van der Waals surface area contributed by atoms with Crippen LogP contribution in [0, 0.1) is 0 Å². The second kappa shape index (κ2) is 6.97. The van der Waals surface area contributed by atoms with E-state index in [-0.39, 0.29) is 0 Å². The number of benzene rings is 1. The maximum atomic E-state index is 12.6. The molecule has 0 N–H and O–H groups in total. The van der Waals surface area contributed by atoms with Crippen molar-refractivity contribution in [2.75, 3.05) is 39.3 Å². The Morgan fingerprint density at radius 1 is 1.14 bits per heavy atom. The van der Waals surface area contributed by atoms with E-state index in [0.29, 0.717) is 24.1 Å². The monoisotopic (exact) mass is 388 g/mol. The summed E-state index contributed by atoms with van der Waals surface area (Å²) in [6.45, 7) is 4.43. The van der Waals surface area contributed by atoms with Crippen molar-refractivity contribution in [1.29, 1.82) is 0 Å². The van der Waals surface area contributed by atoms with Crippen molar-refractivity contribution in [2.45, 2.75) is 23.8 Å². The summed E-state index contributed by atoms with van der Waals surface area (Å²) >= 11 is 3.33. The number of nitrogens with zero attached hydrogens (tertiary/aromatic N) is 2. The summed E-state index contributed by atoms with van der Waals surface area (Å²) in [6, 6.07) is 6.83. The number of halogens is 1. The van der Waals surface area contributed by atoms with Crippen LogP contribution >= 0.6 is 15.9 Å². The van der Waals surface area contributed by atoms with Gasteiger partial charge in [0.2, 0.25) is 10.0 Å². The van der Waals surface area contributed by atoms with Crippen molar-refractivity contribution in [3.8, 4) is 0 Å². The lowest BCUT2D eigenvalue weighted by atomic mass is 10.2. The molecule has 0 radical (unpaired) electrons. The molecular weight excluding hydrogens is 368 g/mol. The summed E-state index contributed by atoms with van der Waals surface area (Å²) in [5.41, 5.74) is 0. The Labute approximate surface area is 140 Å². The third kappa shape index (κ3) is 3.71. The highest BCUT2D eigenvalue weighted by atomic mass is 79.9. The zero-order valence-corrected chi connectivity index (χ0v) is 14.9. The van der Waals surface area contributed by atoms with Crippen LogP contribution in [0.5, 0.6) is 0 Å². The number of ether oxygens (including phenoxy) is 1. The molecule has 2 heterocycles. The molecule has 0 aliphatic carbocycles. The highest BCUT2D eigenvalue weighted by Gasteiger charge is 2.29. The van der Waals surface area contributed by atoms with Gasteiger partial charge in [0.05, 0.1) is 11.0 Å². The molecule has 0 amide bonds. The van der Waals surface area contributed by atoms with Gasteiger partial charge in [-0.3, -0.25) is 4.90 Å². The molecule has 0 bridgehead atoms. The number of rotatable bonds is 4. The summed E-state index contributed by atoms with van der Waals surface area (Å²) in [4.78, 5) is 2.67. The molecule has 2 aliphatic heterocycles. The summed E-state index contributed by atoms with van der Waals surface area (Å²) in [5.74, 6) is 0. The minimum Gasteiger partial charge on any atom is -0.377 e. The van der Waals surface area contributed by atoms with E-state index >= 15 is 0 Å². The van der Waals surface area contributed by atoms with E-state index in [9.17, 15) is 8.42 Å². The van der Waals surface area contributed by atoms with Gasteiger partial charge in [0.1, 0.15) is 0 Å². The molecule has 0 unspecified atom stereocenters. The maximum Gasteiger partial charge on any atom is 0.243 e. The lowest BCUT2D eigenvalue weighted by Gasteiger charge is -2.35. The standard InChI is InChI=1S/C15H21BrN2O3S/c16-13-3-5-15(6-4-13)22(19,20)18-9-7-17(8-10-18)12-14-2-1-11-21-14/h3-6,14H,1-2,7-12H2/t14-/m0/s1. The Morgan fingerprint density at radius 2 is 1.82 bits per heavy atom. The molecule has 5 nitrogen and oxygen atoms in total. The van der Waals surface area contributed by atoms with Gasteiger partial charge in [0.15, 0.2) is 0 Å². The molecular formula is C15H21BrN2O3S. The molecule has 2 aliphatic rings. The van der Waals surface area contributed by atoms with Crippen LogP contribution in [0.2, 0.25) is 0 Å². The van der Waals surface area contributed by atoms with Crippen LogP contribution in [0.3, 0.4) is 0 Å². The van der Waals surface area contributed by atoms with Crippen molar-refractivity contribution in [2.24, 2.45) is 0 Å². The Kier molecular flexibility index (Phi) is 5.19. The summed E-state index contributed by atoms with van der Waals surface area (Å²) in [6.07, 6.45) is 2.59. The van der Waals surface area contributed by atoms with Gasteiger partial charge in [-0.15, -0.1) is 0 Å². The Hall–Kier alpha value is -0.470. The first-order valence-electron chi connectivity index (χ1n) is 7.65. The molecule has 122 valence electrons. The predicted molar refractivity (Wildman–Crippen MR) is 88.3 cm³/mol. The quantitative estimate of drug-likeness (QED) is 0.790. The average Bonchev–Trinajstić information content (AvgIpc) is 3.01. The van der Waals surface area contributed by atoms with Crippen molar-refractivity contribution in [3.63, 3.8) is 0 Å². The van der Waals surface area contributed by atoms with E-state index in [4.69, 9.17) is 4.74 Å². The first-order valence-corrected chi connectivity index (χ1v) is 9.89. The number of piperazine rings is 1. The average molecular weight is 389 g/mol. The fourth-order valence-corrected chi connectivity index (χ4v) is 4.67. The third-order valence-corrected chi connectivity index (χ3v) is 6.71. The largest absolute Gasteiger partial charge is 0.377 e. The van der Waals surface area contributed by atoms with Gasteiger partial charge in [-0.25, -0.2) is 8.42 Å². The highest BCUT2D eigenvalue weighted by molar-refractivity contribution is 9.10. The van der Waals surface area contributed by atoms with Gasteiger partial charge < -0.3 is 4.74 Å². The summed E-state index contributed by atoms with van der Waals surface area (Å²) in [5, 5.41) is 0. The molecule has 0 aromatic heterocycles. The van der Waals surface area contributed by atoms with E-state index in [1.54, 1.807) is 28.6 Å². The zero-order valence-electron chi connectivity index (χ0n) is 12.4. The van der Waals surface area contributed by atoms with Crippen LogP contribution in [-0.2, 0) is 14.8 Å². The van der Waals surface area contributed by atoms with E-state index in [2.05, 4.69) is 20.8 Å². The second-order valence-corrected chi connectivity index (χ2v) is 8.65. The smallest absolute Gasteiger partial charge is 0.243 e. The van der Waals surface area contributed by atoms with E-state index < -0.39 is 10.0 Å². The topological polar surface area (TPSA) is 49.9 Å². The molecule has 2 fully saturated rings. The fraction of sp³-hybridized carbons (Fsp3) is 0.600. The van der Waals surface area contributed by atoms with Crippen molar-refractivity contribution in [3.05, 3.63) is 28.7 Å². The van der Waals surface area contributed by atoms with Gasteiger partial charge in [-0.2, -0.15) is 4.31 Å². The first-order chi connectivity index (χ1) is 10.6. The lowest BCUT2D eigenvalue weighted by Crippen LogP contribution is -2.50. The van der Waals surface area contributed by atoms with Crippen LogP contribution in [-0.4, -0.2) is 63.1 Å². The molecule has 7 heteroatoms. The van der Waals surface area contributed by atoms with Gasteiger partial charge in [-0.1, -0.05) is 15.9 Å². The number of hydrogen-bond acceptors (Lipinski definition) is 4. The van der Waals surface area contributed by atoms with E-state index in [1.807, 2.05) is 0 Å². The van der Waals surface area contributed by atoms with E-state index in [1.165, 1.54) is 0 Å². The maximum absolute atomic E-state index is 12.6. The number of hydrogen-bond donors (Lipinski definition) is 0. The summed E-state index contributed by atoms with van der Waals surface area (Å²) < 4.78 is 33.4. The van der Waals surface area contributed by atoms with E-state index in [0.717, 1.165) is 43.6 Å². The molecule has 0 spiro atoms. The molecule has 1 aromatic rings. The molecule has 0 saturated carbocycles. The zero-order chi connectivity index (χ0) is 15.6.